The van der Waals surface area contributed by atoms with Crippen molar-refractivity contribution in [3.05, 3.63) is 105 Å². The number of ether oxygens (including phenoxy) is 12. The quantitative estimate of drug-likeness (QED) is 0.0426. The Morgan fingerprint density at radius 3 is 1.17 bits per heavy atom. The summed E-state index contributed by atoms with van der Waals surface area (Å²) in [5.41, 5.74) is -13.3. The van der Waals surface area contributed by atoms with Crippen molar-refractivity contribution in [3.63, 3.8) is 0 Å². The van der Waals surface area contributed by atoms with Gasteiger partial charge in [0.1, 0.15) is 31.0 Å². The summed E-state index contributed by atoms with van der Waals surface area (Å²) in [5.74, 6) is -41.2. The molecular formula is C75H66O49. The molecule has 7 aliphatic heterocycles. The highest BCUT2D eigenvalue weighted by Crippen LogP contribution is 2.60. The van der Waals surface area contributed by atoms with Crippen molar-refractivity contribution in [2.24, 2.45) is 5.92 Å². The van der Waals surface area contributed by atoms with E-state index in [2.05, 4.69) is 0 Å². The minimum Gasteiger partial charge on any atom is -0.504 e. The molecule has 8 aromatic carbocycles. The summed E-state index contributed by atoms with van der Waals surface area (Å²) in [4.78, 5) is 70.0. The SMILES string of the molecule is O=C1OCC2OC(O)C3OC(=O)c4cc(O)c(O)c(O)c4-c4c(cc(O)c(O)c4O)C(=O)O[C@H]3[C@@H]2OC(=O)c2cc(O)c(O)c(O)c2-c2c1cc(O)c(O)c2O.O=C1O[C@H]2C3O[C@@H](O)C(CC(O)O)C4c5c(cc(O)c(O)c5O[C@@H](O)C4O)[C@H](O)O[C@@H]2C(O[C@@H](O)c2cc(O)c(O)c(O)c2)OC3CO[C@H](O)c2cc(O)c(O)c(O)c2-c2c1cc(O)c(O)c2O. The molecule has 0 spiro atoms. The molecule has 15 rings (SSSR count). The van der Waals surface area contributed by atoms with Crippen LogP contribution in [0.15, 0.2) is 54.6 Å². The molecular weight excluding hydrogens is 1680 g/mol. The lowest BCUT2D eigenvalue weighted by Gasteiger charge is -2.47. The fraction of sp³-hybridized carbons (Fsp3) is 0.293. The molecule has 124 heavy (non-hydrogen) atoms. The molecule has 660 valence electrons. The van der Waals surface area contributed by atoms with Gasteiger partial charge in [0.2, 0.25) is 46.5 Å². The van der Waals surface area contributed by atoms with Gasteiger partial charge in [-0.3, -0.25) is 0 Å². The Balaban J connectivity index is 0.000000206. The van der Waals surface area contributed by atoms with Crippen molar-refractivity contribution < 1.29 is 244 Å². The Morgan fingerprint density at radius 2 is 0.710 bits per heavy atom. The van der Waals surface area contributed by atoms with Gasteiger partial charge in [-0.2, -0.15) is 0 Å². The summed E-state index contributed by atoms with van der Waals surface area (Å²) < 4.78 is 68.0. The maximum atomic E-state index is 14.7. The van der Waals surface area contributed by atoms with Crippen molar-refractivity contribution in [3.8, 4) is 171 Å². The van der Waals surface area contributed by atoms with Gasteiger partial charge in [0.15, 0.2) is 172 Å². The third-order valence-corrected chi connectivity index (χ3v) is 21.0. The molecule has 49 heteroatoms. The number of carbonyl (C=O) groups excluding carboxylic acids is 5. The zero-order valence-corrected chi connectivity index (χ0v) is 61.5. The summed E-state index contributed by atoms with van der Waals surface area (Å²) in [6.45, 7) is -2.17. The van der Waals surface area contributed by atoms with Gasteiger partial charge < -0.3 is 220 Å². The Labute approximate surface area is 684 Å². The Bertz CT molecular complexity index is 5720. The monoisotopic (exact) mass is 1750 g/mol. The molecule has 32 N–H and O–H groups in total. The van der Waals surface area contributed by atoms with Gasteiger partial charge in [-0.25, -0.2) is 24.0 Å². The molecule has 0 amide bonds. The van der Waals surface area contributed by atoms with Gasteiger partial charge in [-0.05, 0) is 54.6 Å². The first-order valence-electron chi connectivity index (χ1n) is 35.5. The van der Waals surface area contributed by atoms with Gasteiger partial charge in [-0.15, -0.1) is 0 Å². The number of phenols is 23. The van der Waals surface area contributed by atoms with Crippen LogP contribution in [0.5, 0.6) is 138 Å². The summed E-state index contributed by atoms with van der Waals surface area (Å²) in [7, 11) is 0. The summed E-state index contributed by atoms with van der Waals surface area (Å²) in [6.07, 6.45) is -40.0. The topological polar surface area (TPSA) is 843 Å². The number of cyclic esters (lactones) is 1. The van der Waals surface area contributed by atoms with Gasteiger partial charge in [0.25, 0.3) is 0 Å². The number of phenolic OH excluding ortho intramolecular Hbond substituents is 23. The number of carbonyl (C=O) groups is 5. The Morgan fingerprint density at radius 1 is 0.331 bits per heavy atom. The van der Waals surface area contributed by atoms with Crippen LogP contribution in [0.25, 0.3) is 33.4 Å². The van der Waals surface area contributed by atoms with Crippen LogP contribution < -0.4 is 4.74 Å². The maximum Gasteiger partial charge on any atom is 0.339 e. The van der Waals surface area contributed by atoms with Crippen molar-refractivity contribution in [1.82, 2.24) is 0 Å². The van der Waals surface area contributed by atoms with Crippen LogP contribution in [0.4, 0.5) is 0 Å². The number of benzene rings is 8. The molecule has 8 aromatic rings. The Kier molecular flexibility index (Phi) is 22.2. The van der Waals surface area contributed by atoms with Gasteiger partial charge in [0, 0.05) is 73.9 Å². The van der Waals surface area contributed by atoms with Crippen LogP contribution in [-0.2, 0) is 52.1 Å². The normalized spacial score (nSPS) is 26.1. The second kappa shape index (κ2) is 31.9. The molecule has 7 heterocycles. The largest absolute Gasteiger partial charge is 0.504 e. The zero-order chi connectivity index (χ0) is 90.3. The molecule has 2 saturated heterocycles. The number of rotatable bonds is 5. The molecule has 2 fully saturated rings. The number of aliphatic hydroxyl groups is 9. The van der Waals surface area contributed by atoms with E-state index in [1.165, 1.54) is 0 Å². The van der Waals surface area contributed by atoms with Crippen LogP contribution in [0.2, 0.25) is 0 Å². The third-order valence-electron chi connectivity index (χ3n) is 21.0. The molecule has 49 nitrogen and oxygen atoms in total. The molecule has 0 saturated carbocycles. The molecule has 18 atom stereocenters. The highest BCUT2D eigenvalue weighted by atomic mass is 16.8. The highest BCUT2D eigenvalue weighted by Gasteiger charge is 2.59. The second-order valence-electron chi connectivity index (χ2n) is 28.3. The average Bonchev–Trinajstić information content (AvgIpc) is 1.41. The first kappa shape index (κ1) is 86.1. The standard InChI is InChI=1S/C41H42O27.C34H24O22/c42-13-1-8(2-14(43)24(13)49)35(56)68-41-34-33-31(64-39(60)12(6-19(47)48)22-23-11(38(59)67-34)5-17(46)27(52)32(23)65-40(61)30(22)55)18(63-41)7-62-36(57)9-3-15(44)25(50)28(53)20(9)21-10(37(58)66-33)4-16(45)26(51)29(21)54;35-10-1-6-15(23(43)19(10)39)16-7(2-11(36)20(40)24(16)44)31(48)54-27-14(5-52-30(6)47)53-34(51)29-28(27)55-32(49)8-3-12(37)21(41)25(45)17(8)18-9(33(50)56-29)4-13(38)22(42)26(18)46/h1-5,12,18-19,22,30-31,33-36,38-57,59-61H,6-7H2;1-4,14,27-29,34-46,51H,5H2/t12?,18?,22?,30?,31?,33-,34-,35+,36-,38+,39+,40+,41?;14?,27-,28+,29?,34?/m01/s1. The Hall–Kier alpha value is -14.3. The van der Waals surface area contributed by atoms with Crippen molar-refractivity contribution in [1.29, 1.82) is 0 Å². The van der Waals surface area contributed by atoms with Crippen LogP contribution in [-0.4, -0.2) is 293 Å². The first-order valence-corrected chi connectivity index (χ1v) is 35.5. The number of fused-ring (bicyclic) bond motifs is 12. The zero-order valence-electron chi connectivity index (χ0n) is 61.5. The van der Waals surface area contributed by atoms with E-state index in [-0.39, 0.29) is 0 Å². The minimum absolute atomic E-state index is 0.458. The van der Waals surface area contributed by atoms with Crippen molar-refractivity contribution in [2.75, 3.05) is 13.2 Å². The molecule has 0 aromatic heterocycles. The summed E-state index contributed by atoms with van der Waals surface area (Å²) in [6, 6.07) is 5.09. The predicted molar refractivity (Wildman–Crippen MR) is 383 cm³/mol. The smallest absolute Gasteiger partial charge is 0.339 e. The van der Waals surface area contributed by atoms with E-state index in [0.29, 0.717) is 54.6 Å². The van der Waals surface area contributed by atoms with E-state index in [1.807, 2.05) is 0 Å². The van der Waals surface area contributed by atoms with Gasteiger partial charge in [0.05, 0.1) is 34.4 Å². The number of hydrogen-bond acceptors (Lipinski definition) is 49. The van der Waals surface area contributed by atoms with Gasteiger partial charge in [-0.1, -0.05) is 0 Å². The number of aromatic hydroxyl groups is 23. The molecule has 9 unspecified atom stereocenters. The lowest BCUT2D eigenvalue weighted by molar-refractivity contribution is -0.372. The van der Waals surface area contributed by atoms with Crippen LogP contribution in [0.1, 0.15) is 105 Å². The number of esters is 5. The third kappa shape index (κ3) is 14.4. The predicted octanol–water partition coefficient (Wildman–Crippen LogP) is -0.975. The van der Waals surface area contributed by atoms with E-state index >= 15 is 0 Å². The molecule has 0 radical (unpaired) electrons. The van der Waals surface area contributed by atoms with E-state index in [4.69, 9.17) is 56.8 Å². The van der Waals surface area contributed by atoms with E-state index in [1.54, 1.807) is 0 Å². The fourth-order valence-corrected chi connectivity index (χ4v) is 15.2. The van der Waals surface area contributed by atoms with Crippen LogP contribution in [0, 0.1) is 5.92 Å². The minimum atomic E-state index is -2.58. The van der Waals surface area contributed by atoms with Crippen LogP contribution in [0.3, 0.4) is 0 Å². The van der Waals surface area contributed by atoms with Crippen LogP contribution >= 0.6 is 0 Å². The maximum absolute atomic E-state index is 14.7. The summed E-state index contributed by atoms with van der Waals surface area (Å²) >= 11 is 0. The van der Waals surface area contributed by atoms with Crippen molar-refractivity contribution in [2.45, 2.75) is 118 Å². The van der Waals surface area contributed by atoms with Gasteiger partial charge >= 0.3 is 29.8 Å². The molecule has 7 aliphatic rings. The van der Waals surface area contributed by atoms with E-state index < -0.39 is 388 Å². The second-order valence-corrected chi connectivity index (χ2v) is 28.3. The number of hydrogen-bond donors (Lipinski definition) is 32. The van der Waals surface area contributed by atoms with E-state index in [9.17, 15) is 187 Å². The molecule has 4 bridgehead atoms. The first-order chi connectivity index (χ1) is 58.3. The lowest BCUT2D eigenvalue weighted by Crippen LogP contribution is -2.63. The highest BCUT2D eigenvalue weighted by molar-refractivity contribution is 6.10. The summed E-state index contributed by atoms with van der Waals surface area (Å²) in [5, 5.41) is 344. The lowest BCUT2D eigenvalue weighted by atomic mass is 9.75. The number of aliphatic hydroxyl groups excluding tert-OH is 8. The van der Waals surface area contributed by atoms with E-state index in [0.717, 1.165) is 0 Å². The fourth-order valence-electron chi connectivity index (χ4n) is 15.2. The molecule has 0 aliphatic carbocycles. The van der Waals surface area contributed by atoms with Crippen molar-refractivity contribution >= 4 is 29.8 Å². The average molecular weight is 1750 g/mol.